The van der Waals surface area contributed by atoms with Crippen molar-refractivity contribution in [3.8, 4) is 0 Å². The highest BCUT2D eigenvalue weighted by molar-refractivity contribution is 14.0. The number of halogens is 1. The van der Waals surface area contributed by atoms with Gasteiger partial charge in [-0.15, -0.1) is 24.0 Å². The third kappa shape index (κ3) is 3.53. The van der Waals surface area contributed by atoms with Crippen molar-refractivity contribution in [1.82, 2.24) is 10.6 Å². The minimum atomic E-state index is 0. The normalized spacial score (nSPS) is 32.8. The Morgan fingerprint density at radius 1 is 1.41 bits per heavy atom. The molecule has 1 spiro atoms. The van der Waals surface area contributed by atoms with Crippen LogP contribution in [0.25, 0.3) is 0 Å². The smallest absolute Gasteiger partial charge is 0.191 e. The van der Waals surface area contributed by atoms with E-state index in [-0.39, 0.29) is 24.0 Å². The molecule has 1 heterocycles. The fourth-order valence-electron chi connectivity index (χ4n) is 3.99. The van der Waals surface area contributed by atoms with Crippen LogP contribution in [-0.2, 0) is 9.47 Å². The molecule has 6 heteroatoms. The molecular weight excluding hydrogens is 393 g/mol. The van der Waals surface area contributed by atoms with Crippen molar-refractivity contribution in [2.24, 2.45) is 16.3 Å². The van der Waals surface area contributed by atoms with E-state index in [9.17, 15) is 0 Å². The molecule has 22 heavy (non-hydrogen) atoms. The van der Waals surface area contributed by atoms with Crippen LogP contribution in [0.3, 0.4) is 0 Å². The van der Waals surface area contributed by atoms with Gasteiger partial charge in [-0.05, 0) is 32.6 Å². The quantitative estimate of drug-likeness (QED) is 0.404. The summed E-state index contributed by atoms with van der Waals surface area (Å²) in [5.74, 6) is 1.56. The molecule has 0 aromatic heterocycles. The lowest BCUT2D eigenvalue weighted by Gasteiger charge is -2.61. The Labute approximate surface area is 151 Å². The predicted octanol–water partition coefficient (Wildman–Crippen LogP) is 2.15. The molecular formula is C16H30IN3O2. The van der Waals surface area contributed by atoms with Crippen LogP contribution in [0.4, 0.5) is 0 Å². The maximum absolute atomic E-state index is 5.91. The fourth-order valence-corrected chi connectivity index (χ4v) is 3.99. The molecule has 5 nitrogen and oxygen atoms in total. The summed E-state index contributed by atoms with van der Waals surface area (Å²) >= 11 is 0. The van der Waals surface area contributed by atoms with Crippen molar-refractivity contribution in [2.75, 3.05) is 33.4 Å². The van der Waals surface area contributed by atoms with Crippen LogP contribution in [0.2, 0.25) is 0 Å². The summed E-state index contributed by atoms with van der Waals surface area (Å²) in [5, 5.41) is 7.09. The molecule has 1 aliphatic heterocycles. The van der Waals surface area contributed by atoms with Gasteiger partial charge in [0.25, 0.3) is 0 Å². The lowest BCUT2D eigenvalue weighted by atomic mass is 9.51. The van der Waals surface area contributed by atoms with Gasteiger partial charge in [-0.2, -0.15) is 0 Å². The van der Waals surface area contributed by atoms with Gasteiger partial charge in [0, 0.05) is 44.2 Å². The van der Waals surface area contributed by atoms with Crippen LogP contribution in [0.5, 0.6) is 0 Å². The van der Waals surface area contributed by atoms with Gasteiger partial charge in [-0.3, -0.25) is 4.99 Å². The SMILES string of the molecule is CCOC1CC(NC(=NC)NCC2CCOC2)C12CCC2.I. The zero-order valence-electron chi connectivity index (χ0n) is 13.8. The topological polar surface area (TPSA) is 54.9 Å². The second-order valence-corrected chi connectivity index (χ2v) is 6.65. The Balaban J connectivity index is 0.00000176. The first kappa shape index (κ1) is 18.3. The Hall–Kier alpha value is -0.0800. The van der Waals surface area contributed by atoms with E-state index in [4.69, 9.17) is 9.47 Å². The third-order valence-electron chi connectivity index (χ3n) is 5.55. The molecule has 0 aromatic carbocycles. The standard InChI is InChI=1S/C16H29N3O2.HI/c1-3-21-14-9-13(16(14)6-4-7-16)19-15(17-2)18-10-12-5-8-20-11-12;/h12-14H,3-11H2,1-2H3,(H2,17,18,19);1H. The summed E-state index contributed by atoms with van der Waals surface area (Å²) < 4.78 is 11.3. The van der Waals surface area contributed by atoms with Crippen molar-refractivity contribution in [1.29, 1.82) is 0 Å². The monoisotopic (exact) mass is 423 g/mol. The Morgan fingerprint density at radius 2 is 2.23 bits per heavy atom. The molecule has 0 bridgehead atoms. The van der Waals surface area contributed by atoms with Crippen molar-refractivity contribution >= 4 is 29.9 Å². The van der Waals surface area contributed by atoms with Crippen LogP contribution in [0.1, 0.15) is 39.0 Å². The zero-order chi connectivity index (χ0) is 14.7. The molecule has 128 valence electrons. The van der Waals surface area contributed by atoms with Crippen LogP contribution < -0.4 is 10.6 Å². The first-order valence-corrected chi connectivity index (χ1v) is 8.45. The number of rotatable bonds is 5. The number of hydrogen-bond donors (Lipinski definition) is 2. The summed E-state index contributed by atoms with van der Waals surface area (Å²) in [6, 6.07) is 0.522. The van der Waals surface area contributed by atoms with Gasteiger partial charge in [-0.1, -0.05) is 6.42 Å². The lowest BCUT2D eigenvalue weighted by Crippen LogP contribution is -2.68. The number of hydrogen-bond acceptors (Lipinski definition) is 3. The number of ether oxygens (including phenoxy) is 2. The van der Waals surface area contributed by atoms with Crippen molar-refractivity contribution in [3.63, 3.8) is 0 Å². The highest BCUT2D eigenvalue weighted by atomic mass is 127. The average molecular weight is 423 g/mol. The number of nitrogens with one attached hydrogen (secondary N) is 2. The van der Waals surface area contributed by atoms with Gasteiger partial charge in [-0.25, -0.2) is 0 Å². The lowest BCUT2D eigenvalue weighted by molar-refractivity contribution is -0.168. The maximum Gasteiger partial charge on any atom is 0.191 e. The maximum atomic E-state index is 5.91. The number of guanidine groups is 1. The largest absolute Gasteiger partial charge is 0.381 e. The Morgan fingerprint density at radius 3 is 2.77 bits per heavy atom. The van der Waals surface area contributed by atoms with E-state index in [1.54, 1.807) is 0 Å². The molecule has 3 rings (SSSR count). The first-order chi connectivity index (χ1) is 10.3. The van der Waals surface area contributed by atoms with E-state index in [0.717, 1.165) is 45.2 Å². The van der Waals surface area contributed by atoms with Gasteiger partial charge in [0.2, 0.25) is 0 Å². The van der Waals surface area contributed by atoms with Gasteiger partial charge in [0.05, 0.1) is 12.7 Å². The second-order valence-electron chi connectivity index (χ2n) is 6.65. The van der Waals surface area contributed by atoms with Crippen LogP contribution in [0.15, 0.2) is 4.99 Å². The molecule has 0 amide bonds. The van der Waals surface area contributed by atoms with Crippen LogP contribution in [0, 0.1) is 11.3 Å². The van der Waals surface area contributed by atoms with Crippen molar-refractivity contribution < 1.29 is 9.47 Å². The molecule has 2 saturated carbocycles. The third-order valence-corrected chi connectivity index (χ3v) is 5.55. The minimum absolute atomic E-state index is 0. The average Bonchev–Trinajstić information content (AvgIpc) is 2.92. The molecule has 1 saturated heterocycles. The van der Waals surface area contributed by atoms with Gasteiger partial charge < -0.3 is 20.1 Å². The highest BCUT2D eigenvalue weighted by Crippen LogP contribution is 2.57. The summed E-state index contributed by atoms with van der Waals surface area (Å²) in [6.07, 6.45) is 6.65. The molecule has 2 N–H and O–H groups in total. The summed E-state index contributed by atoms with van der Waals surface area (Å²) in [4.78, 5) is 4.38. The Kier molecular flexibility index (Phi) is 6.76. The Bertz CT molecular complexity index is 382. The summed E-state index contributed by atoms with van der Waals surface area (Å²) in [5.41, 5.74) is 0.379. The van der Waals surface area contributed by atoms with Gasteiger partial charge in [0.15, 0.2) is 5.96 Å². The zero-order valence-corrected chi connectivity index (χ0v) is 16.1. The van der Waals surface area contributed by atoms with Crippen LogP contribution >= 0.6 is 24.0 Å². The van der Waals surface area contributed by atoms with Gasteiger partial charge >= 0.3 is 0 Å². The number of aliphatic imine (C=N–C) groups is 1. The molecule has 3 fully saturated rings. The molecule has 0 aromatic rings. The van der Waals surface area contributed by atoms with E-state index in [1.807, 2.05) is 7.05 Å². The minimum Gasteiger partial charge on any atom is -0.381 e. The molecule has 3 atom stereocenters. The van der Waals surface area contributed by atoms with E-state index < -0.39 is 0 Å². The fraction of sp³-hybridized carbons (Fsp3) is 0.938. The molecule has 3 unspecified atom stereocenters. The molecule has 2 aliphatic carbocycles. The first-order valence-electron chi connectivity index (χ1n) is 8.45. The second kappa shape index (κ2) is 8.15. The summed E-state index contributed by atoms with van der Waals surface area (Å²) in [7, 11) is 1.85. The van der Waals surface area contributed by atoms with Gasteiger partial charge in [0.1, 0.15) is 0 Å². The van der Waals surface area contributed by atoms with E-state index in [1.165, 1.54) is 19.3 Å². The summed E-state index contributed by atoms with van der Waals surface area (Å²) in [6.45, 7) is 5.66. The van der Waals surface area contributed by atoms with Crippen molar-refractivity contribution in [3.05, 3.63) is 0 Å². The van der Waals surface area contributed by atoms with E-state index >= 15 is 0 Å². The van der Waals surface area contributed by atoms with E-state index in [2.05, 4.69) is 22.5 Å². The van der Waals surface area contributed by atoms with Crippen LogP contribution in [-0.4, -0.2) is 51.5 Å². The highest BCUT2D eigenvalue weighted by Gasteiger charge is 2.59. The van der Waals surface area contributed by atoms with Crippen molar-refractivity contribution in [2.45, 2.75) is 51.2 Å². The molecule has 3 aliphatic rings. The van der Waals surface area contributed by atoms with E-state index in [0.29, 0.717) is 23.5 Å². The predicted molar refractivity (Wildman–Crippen MR) is 98.9 cm³/mol. The molecule has 0 radical (unpaired) electrons. The number of nitrogens with zero attached hydrogens (tertiary/aromatic N) is 1.